The van der Waals surface area contributed by atoms with E-state index in [4.69, 9.17) is 5.21 Å². The molecule has 5 nitrogen and oxygen atoms in total. The van der Waals surface area contributed by atoms with E-state index in [0.717, 1.165) is 25.7 Å². The topological polar surface area (TPSA) is 64.9 Å². The summed E-state index contributed by atoms with van der Waals surface area (Å²) < 4.78 is 0. The van der Waals surface area contributed by atoms with Gasteiger partial charge in [-0.15, -0.1) is 0 Å². The fourth-order valence-corrected chi connectivity index (χ4v) is 1.58. The number of oxime groups is 1. The van der Waals surface area contributed by atoms with Gasteiger partial charge < -0.3 is 15.4 Å². The summed E-state index contributed by atoms with van der Waals surface area (Å²) in [5, 5.41) is 13.4. The predicted octanol–water partition coefficient (Wildman–Crippen LogP) is 1.46. The molecule has 0 aliphatic rings. The second kappa shape index (κ2) is 11.4. The standard InChI is InChI=1S/C12H25N3O2/c1-3-4-5-6-9-15(2)10-7-8-13-12(16)11-14-17/h11,17H,3-10H2,1-2H3,(H,13,16). The van der Waals surface area contributed by atoms with Gasteiger partial charge >= 0.3 is 0 Å². The summed E-state index contributed by atoms with van der Waals surface area (Å²) in [4.78, 5) is 13.2. The number of nitrogens with one attached hydrogen (secondary N) is 1. The van der Waals surface area contributed by atoms with E-state index in [-0.39, 0.29) is 5.91 Å². The van der Waals surface area contributed by atoms with Gasteiger partial charge in [-0.05, 0) is 33.0 Å². The van der Waals surface area contributed by atoms with Crippen LogP contribution >= 0.6 is 0 Å². The van der Waals surface area contributed by atoms with Crippen LogP contribution in [0.15, 0.2) is 5.16 Å². The van der Waals surface area contributed by atoms with Crippen LogP contribution in [0.2, 0.25) is 0 Å². The Balaban J connectivity index is 3.32. The number of carbonyl (C=O) groups excluding carboxylic acids is 1. The first-order chi connectivity index (χ1) is 8.20. The van der Waals surface area contributed by atoms with Gasteiger partial charge in [0, 0.05) is 6.54 Å². The lowest BCUT2D eigenvalue weighted by molar-refractivity contribution is -0.114. The molecule has 5 heteroatoms. The molecule has 0 spiro atoms. The molecular weight excluding hydrogens is 218 g/mol. The lowest BCUT2D eigenvalue weighted by atomic mass is 10.2. The molecule has 2 N–H and O–H groups in total. The highest BCUT2D eigenvalue weighted by Gasteiger charge is 1.99. The van der Waals surface area contributed by atoms with Gasteiger partial charge in [0.05, 0.1) is 0 Å². The van der Waals surface area contributed by atoms with Gasteiger partial charge in [-0.2, -0.15) is 0 Å². The van der Waals surface area contributed by atoms with Crippen LogP contribution in [0.25, 0.3) is 0 Å². The van der Waals surface area contributed by atoms with Crippen molar-refractivity contribution in [1.29, 1.82) is 0 Å². The summed E-state index contributed by atoms with van der Waals surface area (Å²) in [5.41, 5.74) is 0. The Morgan fingerprint density at radius 3 is 2.65 bits per heavy atom. The molecule has 100 valence electrons. The first-order valence-electron chi connectivity index (χ1n) is 6.34. The molecule has 0 radical (unpaired) electrons. The molecular formula is C12H25N3O2. The highest BCUT2D eigenvalue weighted by atomic mass is 16.4. The van der Waals surface area contributed by atoms with E-state index in [1.54, 1.807) is 0 Å². The van der Waals surface area contributed by atoms with E-state index in [1.807, 2.05) is 0 Å². The van der Waals surface area contributed by atoms with Gasteiger partial charge in [-0.1, -0.05) is 31.3 Å². The maximum absolute atomic E-state index is 10.9. The van der Waals surface area contributed by atoms with Crippen LogP contribution in [-0.2, 0) is 4.79 Å². The first kappa shape index (κ1) is 15.9. The Morgan fingerprint density at radius 1 is 1.29 bits per heavy atom. The number of unbranched alkanes of at least 4 members (excludes halogenated alkanes) is 3. The molecule has 1 amide bonds. The second-order valence-corrected chi connectivity index (χ2v) is 4.25. The van der Waals surface area contributed by atoms with Crippen molar-refractivity contribution >= 4 is 12.1 Å². The minimum Gasteiger partial charge on any atom is -0.411 e. The van der Waals surface area contributed by atoms with Gasteiger partial charge in [-0.3, -0.25) is 4.79 Å². The highest BCUT2D eigenvalue weighted by molar-refractivity contribution is 6.25. The van der Waals surface area contributed by atoms with Crippen LogP contribution in [0.1, 0.15) is 39.0 Å². The third kappa shape index (κ3) is 11.2. The number of carbonyl (C=O) groups is 1. The van der Waals surface area contributed by atoms with Crippen molar-refractivity contribution in [2.45, 2.75) is 39.0 Å². The van der Waals surface area contributed by atoms with Crippen LogP contribution in [0.4, 0.5) is 0 Å². The fraction of sp³-hybridized carbons (Fsp3) is 0.833. The molecule has 0 aromatic rings. The zero-order chi connectivity index (χ0) is 12.9. The quantitative estimate of drug-likeness (QED) is 0.264. The average Bonchev–Trinajstić information content (AvgIpc) is 2.31. The fourth-order valence-electron chi connectivity index (χ4n) is 1.58. The number of nitrogens with zero attached hydrogens (tertiary/aromatic N) is 2. The van der Waals surface area contributed by atoms with Crippen molar-refractivity contribution in [3.8, 4) is 0 Å². The van der Waals surface area contributed by atoms with E-state index >= 15 is 0 Å². The zero-order valence-corrected chi connectivity index (χ0v) is 11.0. The monoisotopic (exact) mass is 243 g/mol. The summed E-state index contributed by atoms with van der Waals surface area (Å²) in [6, 6.07) is 0. The van der Waals surface area contributed by atoms with Crippen LogP contribution in [0.5, 0.6) is 0 Å². The van der Waals surface area contributed by atoms with Gasteiger partial charge in [0.25, 0.3) is 5.91 Å². The summed E-state index contributed by atoms with van der Waals surface area (Å²) in [6.07, 6.45) is 6.90. The van der Waals surface area contributed by atoms with Crippen LogP contribution < -0.4 is 5.32 Å². The van der Waals surface area contributed by atoms with Gasteiger partial charge in [0.1, 0.15) is 6.21 Å². The molecule has 0 aliphatic heterocycles. The highest BCUT2D eigenvalue weighted by Crippen LogP contribution is 2.00. The molecule has 0 heterocycles. The van der Waals surface area contributed by atoms with Crippen LogP contribution in [0, 0.1) is 0 Å². The summed E-state index contributed by atoms with van der Waals surface area (Å²) >= 11 is 0. The van der Waals surface area contributed by atoms with Gasteiger partial charge in [0.2, 0.25) is 0 Å². The zero-order valence-electron chi connectivity index (χ0n) is 11.0. The van der Waals surface area contributed by atoms with E-state index in [1.165, 1.54) is 25.7 Å². The Bertz CT molecular complexity index is 220. The van der Waals surface area contributed by atoms with Crippen molar-refractivity contribution in [1.82, 2.24) is 10.2 Å². The van der Waals surface area contributed by atoms with Crippen LogP contribution in [-0.4, -0.2) is 48.9 Å². The molecule has 0 aromatic carbocycles. The molecule has 0 saturated heterocycles. The van der Waals surface area contributed by atoms with Crippen molar-refractivity contribution in [3.63, 3.8) is 0 Å². The Kier molecular flexibility index (Phi) is 10.7. The molecule has 0 aliphatic carbocycles. The number of amides is 1. The van der Waals surface area contributed by atoms with Crippen molar-refractivity contribution < 1.29 is 10.0 Å². The Labute approximate surface area is 104 Å². The molecule has 0 fully saturated rings. The normalized spacial score (nSPS) is 11.2. The van der Waals surface area contributed by atoms with Gasteiger partial charge in [-0.25, -0.2) is 0 Å². The van der Waals surface area contributed by atoms with Crippen molar-refractivity contribution in [3.05, 3.63) is 0 Å². The average molecular weight is 243 g/mol. The van der Waals surface area contributed by atoms with Crippen molar-refractivity contribution in [2.75, 3.05) is 26.7 Å². The summed E-state index contributed by atoms with van der Waals surface area (Å²) in [7, 11) is 2.10. The maximum Gasteiger partial charge on any atom is 0.265 e. The first-order valence-corrected chi connectivity index (χ1v) is 6.34. The lowest BCUT2D eigenvalue weighted by Crippen LogP contribution is -2.29. The van der Waals surface area contributed by atoms with Crippen LogP contribution in [0.3, 0.4) is 0 Å². The molecule has 0 aromatic heterocycles. The Hall–Kier alpha value is -1.10. The molecule has 0 bridgehead atoms. The molecule has 17 heavy (non-hydrogen) atoms. The molecule has 0 saturated carbocycles. The molecule has 0 unspecified atom stereocenters. The third-order valence-corrected chi connectivity index (χ3v) is 2.58. The van der Waals surface area contributed by atoms with E-state index in [9.17, 15) is 4.79 Å². The van der Waals surface area contributed by atoms with Crippen molar-refractivity contribution in [2.24, 2.45) is 5.16 Å². The lowest BCUT2D eigenvalue weighted by Gasteiger charge is -2.16. The van der Waals surface area contributed by atoms with Gasteiger partial charge in [0.15, 0.2) is 0 Å². The largest absolute Gasteiger partial charge is 0.411 e. The smallest absolute Gasteiger partial charge is 0.265 e. The minimum atomic E-state index is -0.349. The molecule has 0 atom stereocenters. The number of rotatable bonds is 10. The second-order valence-electron chi connectivity index (χ2n) is 4.25. The number of hydrogen-bond acceptors (Lipinski definition) is 4. The summed E-state index contributed by atoms with van der Waals surface area (Å²) in [6.45, 7) is 4.92. The minimum absolute atomic E-state index is 0.349. The van der Waals surface area contributed by atoms with E-state index in [2.05, 4.69) is 29.3 Å². The predicted molar refractivity (Wildman–Crippen MR) is 69.5 cm³/mol. The molecule has 0 rings (SSSR count). The third-order valence-electron chi connectivity index (χ3n) is 2.58. The van der Waals surface area contributed by atoms with E-state index in [0.29, 0.717) is 6.54 Å². The Morgan fingerprint density at radius 2 is 2.00 bits per heavy atom. The van der Waals surface area contributed by atoms with E-state index < -0.39 is 0 Å². The number of hydrogen-bond donors (Lipinski definition) is 2. The summed E-state index contributed by atoms with van der Waals surface area (Å²) in [5.74, 6) is -0.349. The maximum atomic E-state index is 10.9. The SMILES string of the molecule is CCCCCCN(C)CCCNC(=O)C=NO.